The largest absolute Gasteiger partial charge is 0.353 e. The number of nitrogens with zero attached hydrogens (tertiary/aromatic N) is 4. The number of hydrogen-bond acceptors (Lipinski definition) is 4. The van der Waals surface area contributed by atoms with Crippen molar-refractivity contribution in [1.29, 1.82) is 0 Å². The van der Waals surface area contributed by atoms with E-state index < -0.39 is 0 Å². The molecule has 0 fully saturated rings. The molecule has 2 rings (SSSR count). The molecule has 5 nitrogen and oxygen atoms in total. The molecule has 6 heteroatoms. The van der Waals surface area contributed by atoms with Gasteiger partial charge in [-0.25, -0.2) is 0 Å². The molecule has 0 aliphatic heterocycles. The van der Waals surface area contributed by atoms with Crippen molar-refractivity contribution in [3.8, 4) is 5.69 Å². The van der Waals surface area contributed by atoms with Gasteiger partial charge in [-0.2, -0.15) is 4.68 Å². The first-order valence-corrected chi connectivity index (χ1v) is 7.09. The van der Waals surface area contributed by atoms with E-state index in [1.54, 1.807) is 4.68 Å². The van der Waals surface area contributed by atoms with E-state index in [1.165, 1.54) is 12.8 Å². The van der Waals surface area contributed by atoms with Crippen LogP contribution in [0.5, 0.6) is 0 Å². The lowest BCUT2D eigenvalue weighted by atomic mass is 10.2. The summed E-state index contributed by atoms with van der Waals surface area (Å²) in [5, 5.41) is 15.0. The van der Waals surface area contributed by atoms with Crippen LogP contribution < -0.4 is 5.32 Å². The number of aromatic nitrogens is 4. The third-order valence-corrected chi connectivity index (χ3v) is 3.08. The second-order valence-corrected chi connectivity index (χ2v) is 4.66. The first kappa shape index (κ1) is 13.8. The van der Waals surface area contributed by atoms with Crippen LogP contribution >= 0.6 is 11.6 Å². The second kappa shape index (κ2) is 7.74. The van der Waals surface area contributed by atoms with E-state index in [0.717, 1.165) is 31.0 Å². The summed E-state index contributed by atoms with van der Waals surface area (Å²) in [6.07, 6.45) is 4.53. The minimum atomic E-state index is 0.684. The number of nitrogens with one attached hydrogen (secondary N) is 1. The Morgan fingerprint density at radius 1 is 1.05 bits per heavy atom. The molecular formula is C13H18ClN5. The highest BCUT2D eigenvalue weighted by molar-refractivity contribution is 6.17. The fourth-order valence-electron chi connectivity index (χ4n) is 1.81. The number of anilines is 1. The number of rotatable bonds is 8. The van der Waals surface area contributed by atoms with E-state index in [2.05, 4.69) is 20.8 Å². The van der Waals surface area contributed by atoms with E-state index in [1.807, 2.05) is 30.3 Å². The SMILES string of the molecule is ClCCCCCCNc1nnnn1-c1ccccc1. The molecule has 2 aromatic rings. The van der Waals surface area contributed by atoms with Gasteiger partial charge in [-0.1, -0.05) is 36.1 Å². The summed E-state index contributed by atoms with van der Waals surface area (Å²) < 4.78 is 1.71. The molecule has 0 radical (unpaired) electrons. The summed E-state index contributed by atoms with van der Waals surface area (Å²) in [5.41, 5.74) is 0.956. The van der Waals surface area contributed by atoms with Crippen LogP contribution in [0.15, 0.2) is 30.3 Å². The molecule has 0 spiro atoms. The summed E-state index contributed by atoms with van der Waals surface area (Å²) in [7, 11) is 0. The molecule has 0 aliphatic carbocycles. The molecule has 0 bridgehead atoms. The normalized spacial score (nSPS) is 10.6. The van der Waals surface area contributed by atoms with E-state index in [4.69, 9.17) is 11.6 Å². The Hall–Kier alpha value is -1.62. The van der Waals surface area contributed by atoms with E-state index in [9.17, 15) is 0 Å². The van der Waals surface area contributed by atoms with Crippen LogP contribution in [0, 0.1) is 0 Å². The standard InChI is InChI=1S/C13H18ClN5/c14-10-6-1-2-7-11-15-13-16-17-18-19(13)12-8-4-3-5-9-12/h3-5,8-9H,1-2,6-7,10-11H2,(H,15,16,18). The first-order valence-electron chi connectivity index (χ1n) is 6.55. The zero-order valence-electron chi connectivity index (χ0n) is 10.8. The maximum Gasteiger partial charge on any atom is 0.247 e. The maximum atomic E-state index is 5.64. The Morgan fingerprint density at radius 3 is 2.63 bits per heavy atom. The van der Waals surface area contributed by atoms with Gasteiger partial charge in [0.05, 0.1) is 5.69 Å². The Bertz CT molecular complexity index is 471. The molecule has 102 valence electrons. The summed E-state index contributed by atoms with van der Waals surface area (Å²) in [6.45, 7) is 0.871. The molecule has 0 saturated heterocycles. The Morgan fingerprint density at radius 2 is 1.84 bits per heavy atom. The van der Waals surface area contributed by atoms with Crippen LogP contribution in [-0.4, -0.2) is 32.6 Å². The quantitative estimate of drug-likeness (QED) is 0.596. The minimum Gasteiger partial charge on any atom is -0.353 e. The highest BCUT2D eigenvalue weighted by atomic mass is 35.5. The smallest absolute Gasteiger partial charge is 0.247 e. The zero-order valence-corrected chi connectivity index (χ0v) is 11.6. The van der Waals surface area contributed by atoms with Crippen molar-refractivity contribution in [2.45, 2.75) is 25.7 Å². The second-order valence-electron chi connectivity index (χ2n) is 4.28. The Labute approximate surface area is 118 Å². The van der Waals surface area contributed by atoms with Gasteiger partial charge in [0.15, 0.2) is 0 Å². The fourth-order valence-corrected chi connectivity index (χ4v) is 2.00. The lowest BCUT2D eigenvalue weighted by Crippen LogP contribution is -2.08. The average Bonchev–Trinajstić information content (AvgIpc) is 2.92. The number of tetrazole rings is 1. The third kappa shape index (κ3) is 4.21. The van der Waals surface area contributed by atoms with Gasteiger partial charge in [-0.05, 0) is 35.4 Å². The van der Waals surface area contributed by atoms with E-state index >= 15 is 0 Å². The number of para-hydroxylation sites is 1. The maximum absolute atomic E-state index is 5.64. The van der Waals surface area contributed by atoms with Crippen molar-refractivity contribution in [3.05, 3.63) is 30.3 Å². The van der Waals surface area contributed by atoms with Crippen molar-refractivity contribution in [2.24, 2.45) is 0 Å². The molecule has 1 heterocycles. The molecule has 1 N–H and O–H groups in total. The molecular weight excluding hydrogens is 262 g/mol. The molecule has 0 saturated carbocycles. The molecule has 0 atom stereocenters. The van der Waals surface area contributed by atoms with Crippen LogP contribution in [0.4, 0.5) is 5.95 Å². The predicted octanol–water partition coefficient (Wildman–Crippen LogP) is 2.87. The zero-order chi connectivity index (χ0) is 13.3. The number of benzene rings is 1. The van der Waals surface area contributed by atoms with Crippen molar-refractivity contribution in [2.75, 3.05) is 17.7 Å². The van der Waals surface area contributed by atoms with Gasteiger partial charge in [-0.15, -0.1) is 11.6 Å². The van der Waals surface area contributed by atoms with Crippen LogP contribution in [0.1, 0.15) is 25.7 Å². The highest BCUT2D eigenvalue weighted by Crippen LogP contribution is 2.10. The Kier molecular flexibility index (Phi) is 5.62. The van der Waals surface area contributed by atoms with Crippen molar-refractivity contribution < 1.29 is 0 Å². The summed E-state index contributed by atoms with van der Waals surface area (Å²) in [5.74, 6) is 1.43. The van der Waals surface area contributed by atoms with Crippen LogP contribution in [0.3, 0.4) is 0 Å². The van der Waals surface area contributed by atoms with Gasteiger partial charge in [-0.3, -0.25) is 0 Å². The van der Waals surface area contributed by atoms with Crippen molar-refractivity contribution in [1.82, 2.24) is 20.2 Å². The van der Waals surface area contributed by atoms with Gasteiger partial charge < -0.3 is 5.32 Å². The average molecular weight is 280 g/mol. The van der Waals surface area contributed by atoms with Gasteiger partial charge in [0, 0.05) is 12.4 Å². The fraction of sp³-hybridized carbons (Fsp3) is 0.462. The molecule has 1 aromatic carbocycles. The van der Waals surface area contributed by atoms with Crippen molar-refractivity contribution in [3.63, 3.8) is 0 Å². The number of alkyl halides is 1. The van der Waals surface area contributed by atoms with Gasteiger partial charge in [0.1, 0.15) is 0 Å². The monoisotopic (exact) mass is 279 g/mol. The summed E-state index contributed by atoms with van der Waals surface area (Å²) in [4.78, 5) is 0. The topological polar surface area (TPSA) is 55.6 Å². The van der Waals surface area contributed by atoms with Crippen LogP contribution in [0.25, 0.3) is 5.69 Å². The van der Waals surface area contributed by atoms with Crippen LogP contribution in [-0.2, 0) is 0 Å². The number of unbranched alkanes of at least 4 members (excludes halogenated alkanes) is 3. The van der Waals surface area contributed by atoms with Gasteiger partial charge in [0.2, 0.25) is 5.95 Å². The van der Waals surface area contributed by atoms with Crippen molar-refractivity contribution >= 4 is 17.5 Å². The number of halogens is 1. The van der Waals surface area contributed by atoms with E-state index in [0.29, 0.717) is 5.95 Å². The molecule has 0 aliphatic rings. The number of hydrogen-bond donors (Lipinski definition) is 1. The summed E-state index contributed by atoms with van der Waals surface area (Å²) in [6, 6.07) is 9.85. The molecule has 0 unspecified atom stereocenters. The Balaban J connectivity index is 1.83. The van der Waals surface area contributed by atoms with Gasteiger partial charge >= 0.3 is 0 Å². The van der Waals surface area contributed by atoms with Crippen LogP contribution in [0.2, 0.25) is 0 Å². The molecule has 19 heavy (non-hydrogen) atoms. The molecule has 1 aromatic heterocycles. The van der Waals surface area contributed by atoms with E-state index in [-0.39, 0.29) is 0 Å². The predicted molar refractivity (Wildman–Crippen MR) is 76.8 cm³/mol. The highest BCUT2D eigenvalue weighted by Gasteiger charge is 2.06. The lowest BCUT2D eigenvalue weighted by molar-refractivity contribution is 0.684. The lowest BCUT2D eigenvalue weighted by Gasteiger charge is -2.06. The van der Waals surface area contributed by atoms with Gasteiger partial charge in [0.25, 0.3) is 0 Å². The minimum absolute atomic E-state index is 0.684. The molecule has 0 amide bonds. The summed E-state index contributed by atoms with van der Waals surface area (Å²) >= 11 is 5.64. The first-order chi connectivity index (χ1) is 9.42. The third-order valence-electron chi connectivity index (χ3n) is 2.81.